The Balaban J connectivity index is 1.20. The third-order valence-electron chi connectivity index (χ3n) is 7.78. The molecule has 3 aromatic rings. The Kier molecular flexibility index (Phi) is 6.53. The van der Waals surface area contributed by atoms with E-state index in [2.05, 4.69) is 25.4 Å². The number of hydrogen-bond donors (Lipinski definition) is 2. The topological polar surface area (TPSA) is 80.8 Å². The predicted molar refractivity (Wildman–Crippen MR) is 150 cm³/mol. The second kappa shape index (κ2) is 10.0. The maximum atomic E-state index is 13.6. The largest absolute Gasteiger partial charge is 0.367 e. The molecule has 0 saturated carbocycles. The van der Waals surface area contributed by atoms with Gasteiger partial charge in [-0.3, -0.25) is 9.59 Å². The number of rotatable bonds is 4. The van der Waals surface area contributed by atoms with E-state index >= 15 is 0 Å². The van der Waals surface area contributed by atoms with Crippen LogP contribution in [0.2, 0.25) is 10.0 Å². The van der Waals surface area contributed by atoms with E-state index in [9.17, 15) is 9.59 Å². The van der Waals surface area contributed by atoms with E-state index in [0.29, 0.717) is 54.8 Å². The Morgan fingerprint density at radius 3 is 2.58 bits per heavy atom. The van der Waals surface area contributed by atoms with E-state index < -0.39 is 5.54 Å². The van der Waals surface area contributed by atoms with Crippen molar-refractivity contribution in [3.63, 3.8) is 0 Å². The molecule has 2 aromatic carbocycles. The number of halogens is 2. The monoisotopic (exact) mass is 550 g/mol. The molecule has 0 aliphatic carbocycles. The Morgan fingerprint density at radius 1 is 1.00 bits per heavy atom. The van der Waals surface area contributed by atoms with E-state index in [1.807, 2.05) is 47.4 Å². The number of para-hydroxylation sites is 1. The average Bonchev–Trinajstić information content (AvgIpc) is 3.26. The minimum absolute atomic E-state index is 0.0327. The molecule has 2 saturated heterocycles. The number of amides is 2. The highest BCUT2D eigenvalue weighted by molar-refractivity contribution is 6.33. The van der Waals surface area contributed by atoms with Crippen LogP contribution in [0.1, 0.15) is 28.8 Å². The van der Waals surface area contributed by atoms with Crippen molar-refractivity contribution in [2.45, 2.75) is 24.9 Å². The van der Waals surface area contributed by atoms with Crippen molar-refractivity contribution in [3.05, 3.63) is 82.0 Å². The van der Waals surface area contributed by atoms with E-state index in [1.54, 1.807) is 18.3 Å². The first kappa shape index (κ1) is 24.8. The second-order valence-electron chi connectivity index (χ2n) is 9.93. The summed E-state index contributed by atoms with van der Waals surface area (Å²) >= 11 is 12.6. The van der Waals surface area contributed by atoms with Gasteiger partial charge in [0.15, 0.2) is 0 Å². The van der Waals surface area contributed by atoms with Crippen LogP contribution in [-0.2, 0) is 11.3 Å². The molecule has 38 heavy (non-hydrogen) atoms. The van der Waals surface area contributed by atoms with Gasteiger partial charge in [-0.05, 0) is 54.8 Å². The maximum Gasteiger partial charge on any atom is 0.255 e. The highest BCUT2D eigenvalue weighted by Gasteiger charge is 2.50. The molecule has 2 amide bonds. The highest BCUT2D eigenvalue weighted by Crippen LogP contribution is 2.37. The molecule has 1 aromatic heterocycles. The van der Waals surface area contributed by atoms with Gasteiger partial charge in [-0.15, -0.1) is 0 Å². The van der Waals surface area contributed by atoms with Crippen LogP contribution in [0.3, 0.4) is 0 Å². The summed E-state index contributed by atoms with van der Waals surface area (Å²) in [5.41, 5.74) is 2.68. The molecular weight excluding hydrogens is 523 g/mol. The molecule has 0 unspecified atom stereocenters. The Labute approximate surface area is 231 Å². The van der Waals surface area contributed by atoms with Crippen LogP contribution in [0, 0.1) is 0 Å². The van der Waals surface area contributed by atoms with E-state index in [1.165, 1.54) is 0 Å². The molecule has 0 bridgehead atoms. The normalized spacial score (nSPS) is 18.3. The van der Waals surface area contributed by atoms with Crippen molar-refractivity contribution >= 4 is 52.2 Å². The fourth-order valence-corrected chi connectivity index (χ4v) is 6.08. The van der Waals surface area contributed by atoms with Gasteiger partial charge < -0.3 is 25.3 Å². The molecule has 6 rings (SSSR count). The Hall–Kier alpha value is -3.49. The van der Waals surface area contributed by atoms with E-state index in [0.717, 1.165) is 35.8 Å². The van der Waals surface area contributed by atoms with Crippen molar-refractivity contribution in [1.82, 2.24) is 15.2 Å². The fourth-order valence-electron chi connectivity index (χ4n) is 5.71. The number of nitrogens with zero attached hydrogens (tertiary/aromatic N) is 4. The lowest BCUT2D eigenvalue weighted by atomic mass is 9.85. The van der Waals surface area contributed by atoms with Crippen LogP contribution < -0.4 is 20.4 Å². The van der Waals surface area contributed by atoms with Gasteiger partial charge in [-0.2, -0.15) is 0 Å². The second-order valence-corrected chi connectivity index (χ2v) is 10.8. The van der Waals surface area contributed by atoms with Crippen molar-refractivity contribution in [1.29, 1.82) is 0 Å². The molecule has 2 N–H and O–H groups in total. The zero-order valence-electron chi connectivity index (χ0n) is 20.8. The smallest absolute Gasteiger partial charge is 0.255 e. The number of carbonyl (C=O) groups excluding carboxylic acids is 2. The zero-order valence-corrected chi connectivity index (χ0v) is 22.3. The van der Waals surface area contributed by atoms with Gasteiger partial charge in [0.25, 0.3) is 5.91 Å². The van der Waals surface area contributed by atoms with Crippen molar-refractivity contribution in [2.24, 2.45) is 0 Å². The van der Waals surface area contributed by atoms with E-state index in [-0.39, 0.29) is 11.8 Å². The molecule has 8 nitrogen and oxygen atoms in total. The highest BCUT2D eigenvalue weighted by atomic mass is 35.5. The number of carbonyl (C=O) groups is 2. The first-order valence-corrected chi connectivity index (χ1v) is 13.5. The first-order valence-electron chi connectivity index (χ1n) is 12.8. The van der Waals surface area contributed by atoms with Crippen LogP contribution in [0.5, 0.6) is 0 Å². The number of pyridine rings is 1. The lowest BCUT2D eigenvalue weighted by Crippen LogP contribution is -2.57. The molecule has 4 heterocycles. The van der Waals surface area contributed by atoms with Crippen LogP contribution in [0.25, 0.3) is 0 Å². The van der Waals surface area contributed by atoms with Crippen LogP contribution in [0.15, 0.2) is 60.8 Å². The lowest BCUT2D eigenvalue weighted by Gasteiger charge is -2.43. The summed E-state index contributed by atoms with van der Waals surface area (Å²) in [5.74, 6) is 0.695. The molecule has 0 atom stereocenters. The number of hydrogen-bond acceptors (Lipinski definition) is 6. The van der Waals surface area contributed by atoms with Crippen molar-refractivity contribution in [2.75, 3.05) is 48.0 Å². The molecular formula is C28H28Cl2N6O2. The summed E-state index contributed by atoms with van der Waals surface area (Å²) < 4.78 is 0. The molecule has 0 radical (unpaired) electrons. The molecule has 10 heteroatoms. The average molecular weight is 551 g/mol. The number of piperidine rings is 1. The molecule has 196 valence electrons. The van der Waals surface area contributed by atoms with Crippen LogP contribution >= 0.6 is 23.2 Å². The van der Waals surface area contributed by atoms with Gasteiger partial charge in [-0.25, -0.2) is 4.98 Å². The molecule has 2 fully saturated rings. The van der Waals surface area contributed by atoms with Crippen LogP contribution in [0.4, 0.5) is 17.2 Å². The Morgan fingerprint density at radius 2 is 1.79 bits per heavy atom. The SMILES string of the molecule is O=C(c1cnc2c(c1)N(Cc1cc(Cl)ccc1Cl)CCN2)N1CCC2(CC1)C(=O)NCN2c1ccccc1. The summed E-state index contributed by atoms with van der Waals surface area (Å²) in [4.78, 5) is 37.3. The molecule has 3 aliphatic rings. The van der Waals surface area contributed by atoms with Gasteiger partial charge in [0.2, 0.25) is 5.91 Å². The zero-order chi connectivity index (χ0) is 26.3. The third kappa shape index (κ3) is 4.41. The summed E-state index contributed by atoms with van der Waals surface area (Å²) in [7, 11) is 0. The van der Waals surface area contributed by atoms with Crippen LogP contribution in [-0.4, -0.2) is 60.1 Å². The quantitative estimate of drug-likeness (QED) is 0.501. The minimum Gasteiger partial charge on any atom is -0.367 e. The molecule has 1 spiro atoms. The minimum atomic E-state index is -0.636. The van der Waals surface area contributed by atoms with Crippen molar-refractivity contribution < 1.29 is 9.59 Å². The van der Waals surface area contributed by atoms with Gasteiger partial charge in [-0.1, -0.05) is 41.4 Å². The standard InChI is InChI=1S/C28H28Cl2N6O2/c29-21-6-7-23(30)20(14-21)17-35-13-10-31-25-24(35)15-19(16-32-25)26(37)34-11-8-28(9-12-34)27(38)33-18-36(28)22-4-2-1-3-5-22/h1-7,14-16H,8-13,17-18H2,(H,31,32)(H,33,38). The van der Waals surface area contributed by atoms with Gasteiger partial charge in [0, 0.05) is 54.7 Å². The van der Waals surface area contributed by atoms with Gasteiger partial charge >= 0.3 is 0 Å². The predicted octanol–water partition coefficient (Wildman–Crippen LogP) is 4.39. The fraction of sp³-hybridized carbons (Fsp3) is 0.321. The number of nitrogens with one attached hydrogen (secondary N) is 2. The summed E-state index contributed by atoms with van der Waals surface area (Å²) in [6.07, 6.45) is 2.77. The lowest BCUT2D eigenvalue weighted by molar-refractivity contribution is -0.124. The summed E-state index contributed by atoms with van der Waals surface area (Å²) in [5, 5.41) is 7.62. The third-order valence-corrected chi connectivity index (χ3v) is 8.38. The maximum absolute atomic E-state index is 13.6. The Bertz CT molecular complexity index is 1380. The molecule has 3 aliphatic heterocycles. The number of benzene rings is 2. The number of fused-ring (bicyclic) bond motifs is 1. The summed E-state index contributed by atoms with van der Waals surface area (Å²) in [6.45, 7) is 3.50. The number of likely N-dealkylation sites (tertiary alicyclic amines) is 1. The van der Waals surface area contributed by atoms with Gasteiger partial charge in [0.1, 0.15) is 11.4 Å². The first-order chi connectivity index (χ1) is 18.4. The summed E-state index contributed by atoms with van der Waals surface area (Å²) in [6, 6.07) is 17.3. The van der Waals surface area contributed by atoms with E-state index in [4.69, 9.17) is 23.2 Å². The van der Waals surface area contributed by atoms with Gasteiger partial charge in [0.05, 0.1) is 17.9 Å². The number of aromatic nitrogens is 1. The van der Waals surface area contributed by atoms with Crippen molar-refractivity contribution in [3.8, 4) is 0 Å². The number of anilines is 3.